The molecule has 1 aliphatic heterocycles. The highest BCUT2D eigenvalue weighted by Crippen LogP contribution is 2.30. The van der Waals surface area contributed by atoms with Gasteiger partial charge in [-0.05, 0) is 79.3 Å². The second kappa shape index (κ2) is 9.54. The highest BCUT2D eigenvalue weighted by Gasteiger charge is 2.34. The van der Waals surface area contributed by atoms with Crippen LogP contribution < -0.4 is 19.7 Å². The van der Waals surface area contributed by atoms with Gasteiger partial charge in [0, 0.05) is 0 Å². The van der Waals surface area contributed by atoms with Crippen LogP contribution in [0.15, 0.2) is 78.4 Å². The molecule has 33 heavy (non-hydrogen) atoms. The van der Waals surface area contributed by atoms with Gasteiger partial charge in [0.15, 0.2) is 16.6 Å². The number of hydrogen-bond acceptors (Lipinski definition) is 6. The van der Waals surface area contributed by atoms with Gasteiger partial charge in [0.1, 0.15) is 17.1 Å². The minimum Gasteiger partial charge on any atom is -0.504 e. The molecule has 2 N–H and O–H groups in total. The summed E-state index contributed by atoms with van der Waals surface area (Å²) in [5.41, 5.74) is 0.830. The fourth-order valence-electron chi connectivity index (χ4n) is 3.25. The third kappa shape index (κ3) is 4.86. The molecule has 0 unspecified atom stereocenters. The Hall–Kier alpha value is -4.17. The van der Waals surface area contributed by atoms with Crippen LogP contribution in [-0.2, 0) is 9.59 Å². The number of ether oxygens (including phenoxy) is 2. The number of thiocarbonyl (C=S) groups is 1. The van der Waals surface area contributed by atoms with Gasteiger partial charge in [0.05, 0.1) is 12.3 Å². The molecule has 0 aromatic heterocycles. The van der Waals surface area contributed by atoms with Crippen molar-refractivity contribution in [3.63, 3.8) is 0 Å². The normalized spacial score (nSPS) is 14.9. The Morgan fingerprint density at radius 2 is 1.70 bits per heavy atom. The molecule has 3 aromatic carbocycles. The highest BCUT2D eigenvalue weighted by atomic mass is 32.1. The summed E-state index contributed by atoms with van der Waals surface area (Å²) >= 11 is 5.24. The first-order chi connectivity index (χ1) is 16.0. The lowest BCUT2D eigenvalue weighted by Gasteiger charge is -2.29. The molecular weight excluding hydrogens is 440 g/mol. The van der Waals surface area contributed by atoms with Crippen LogP contribution in [0.1, 0.15) is 12.5 Å². The predicted octanol–water partition coefficient (Wildman–Crippen LogP) is 4.41. The number of carbonyl (C=O) groups excluding carboxylic acids is 2. The maximum atomic E-state index is 13.2. The Bertz CT molecular complexity index is 1240. The number of benzene rings is 3. The van der Waals surface area contributed by atoms with Crippen molar-refractivity contribution in [3.8, 4) is 23.0 Å². The van der Waals surface area contributed by atoms with E-state index in [1.807, 2.05) is 30.3 Å². The van der Waals surface area contributed by atoms with Gasteiger partial charge in [-0.2, -0.15) is 0 Å². The summed E-state index contributed by atoms with van der Waals surface area (Å²) in [5.74, 6) is 0.319. The van der Waals surface area contributed by atoms with Gasteiger partial charge in [0.2, 0.25) is 0 Å². The van der Waals surface area contributed by atoms with Crippen LogP contribution >= 0.6 is 12.2 Å². The van der Waals surface area contributed by atoms with Crippen LogP contribution in [0, 0.1) is 0 Å². The molecule has 2 amide bonds. The fraction of sp³-hybridized carbons (Fsp3) is 0.0800. The minimum atomic E-state index is -0.612. The summed E-state index contributed by atoms with van der Waals surface area (Å²) in [6.45, 7) is 2.20. The van der Waals surface area contributed by atoms with E-state index in [1.54, 1.807) is 43.3 Å². The number of anilines is 1. The average Bonchev–Trinajstić information content (AvgIpc) is 2.80. The lowest BCUT2D eigenvalue weighted by Crippen LogP contribution is -2.54. The molecule has 0 saturated carbocycles. The van der Waals surface area contributed by atoms with Crippen molar-refractivity contribution in [2.24, 2.45) is 0 Å². The molecule has 0 aliphatic carbocycles. The van der Waals surface area contributed by atoms with E-state index in [0.717, 1.165) is 0 Å². The van der Waals surface area contributed by atoms with Gasteiger partial charge >= 0.3 is 0 Å². The molecule has 4 rings (SSSR count). The van der Waals surface area contributed by atoms with E-state index in [9.17, 15) is 14.7 Å². The van der Waals surface area contributed by atoms with Gasteiger partial charge in [0.25, 0.3) is 11.8 Å². The minimum absolute atomic E-state index is 0.0200. The second-order valence-corrected chi connectivity index (χ2v) is 7.41. The maximum absolute atomic E-state index is 13.2. The van der Waals surface area contributed by atoms with Crippen molar-refractivity contribution in [1.29, 1.82) is 0 Å². The number of nitrogens with zero attached hydrogens (tertiary/aromatic N) is 1. The largest absolute Gasteiger partial charge is 0.504 e. The van der Waals surface area contributed by atoms with E-state index < -0.39 is 11.8 Å². The van der Waals surface area contributed by atoms with Crippen LogP contribution in [0.4, 0.5) is 5.69 Å². The van der Waals surface area contributed by atoms with E-state index in [2.05, 4.69) is 5.32 Å². The Balaban J connectivity index is 1.58. The number of phenols is 1. The Morgan fingerprint density at radius 3 is 2.36 bits per heavy atom. The maximum Gasteiger partial charge on any atom is 0.270 e. The van der Waals surface area contributed by atoms with Gasteiger partial charge in [-0.1, -0.05) is 24.3 Å². The molecule has 166 valence electrons. The van der Waals surface area contributed by atoms with E-state index in [-0.39, 0.29) is 16.4 Å². The first-order valence-electron chi connectivity index (χ1n) is 10.2. The Morgan fingerprint density at radius 1 is 1.00 bits per heavy atom. The molecule has 0 radical (unpaired) electrons. The standard InChI is InChI=1S/C25H20N2O5S/c1-2-31-22-13-8-16(15-21(22)28)14-20-23(29)26-25(33)27(24(20)30)17-9-11-19(12-10-17)32-18-6-4-3-5-7-18/h3-15,28H,2H2,1H3,(H,26,29,33). The Kier molecular flexibility index (Phi) is 6.37. The zero-order valence-corrected chi connectivity index (χ0v) is 18.5. The van der Waals surface area contributed by atoms with Crippen molar-refractivity contribution >= 4 is 40.9 Å². The van der Waals surface area contributed by atoms with Gasteiger partial charge in [-0.3, -0.25) is 19.8 Å². The van der Waals surface area contributed by atoms with Crippen molar-refractivity contribution in [1.82, 2.24) is 5.32 Å². The first kappa shape index (κ1) is 22.0. The van der Waals surface area contributed by atoms with Gasteiger partial charge in [-0.15, -0.1) is 0 Å². The SMILES string of the molecule is CCOc1ccc(C=C2C(=O)NC(=S)N(c3ccc(Oc4ccccc4)cc3)C2=O)cc1O. The summed E-state index contributed by atoms with van der Waals surface area (Å²) < 4.78 is 11.1. The molecule has 3 aromatic rings. The summed E-state index contributed by atoms with van der Waals surface area (Å²) in [7, 11) is 0. The zero-order chi connectivity index (χ0) is 23.4. The molecule has 1 fully saturated rings. The molecule has 1 saturated heterocycles. The summed E-state index contributed by atoms with van der Waals surface area (Å²) in [5, 5.41) is 12.6. The van der Waals surface area contributed by atoms with Crippen molar-refractivity contribution in [2.45, 2.75) is 6.92 Å². The average molecular weight is 461 g/mol. The third-order valence-electron chi connectivity index (χ3n) is 4.77. The number of para-hydroxylation sites is 1. The van der Waals surface area contributed by atoms with Crippen molar-refractivity contribution in [2.75, 3.05) is 11.5 Å². The fourth-order valence-corrected chi connectivity index (χ4v) is 3.53. The number of carbonyl (C=O) groups is 2. The summed E-state index contributed by atoms with van der Waals surface area (Å²) in [4.78, 5) is 26.9. The molecule has 7 nitrogen and oxygen atoms in total. The van der Waals surface area contributed by atoms with Crippen LogP contribution in [0.3, 0.4) is 0 Å². The summed E-state index contributed by atoms with van der Waals surface area (Å²) in [6.07, 6.45) is 1.40. The van der Waals surface area contributed by atoms with Gasteiger partial charge in [-0.25, -0.2) is 0 Å². The Labute approximate surface area is 195 Å². The molecule has 1 aliphatic rings. The molecular formula is C25H20N2O5S. The number of hydrogen-bond donors (Lipinski definition) is 2. The number of aromatic hydroxyl groups is 1. The first-order valence-corrected chi connectivity index (χ1v) is 10.6. The highest BCUT2D eigenvalue weighted by molar-refractivity contribution is 7.80. The number of rotatable bonds is 6. The van der Waals surface area contributed by atoms with Crippen LogP contribution in [-0.4, -0.2) is 28.6 Å². The number of amides is 2. The summed E-state index contributed by atoms with van der Waals surface area (Å²) in [6, 6.07) is 20.7. The molecule has 0 atom stereocenters. The van der Waals surface area contributed by atoms with E-state index >= 15 is 0 Å². The number of phenolic OH excluding ortho intramolecular Hbond substituents is 1. The molecule has 0 spiro atoms. The number of nitrogens with one attached hydrogen (secondary N) is 1. The van der Waals surface area contributed by atoms with Crippen molar-refractivity contribution in [3.05, 3.63) is 83.9 Å². The lowest BCUT2D eigenvalue weighted by molar-refractivity contribution is -0.122. The second-order valence-electron chi connectivity index (χ2n) is 7.03. The van der Waals surface area contributed by atoms with Crippen LogP contribution in [0.5, 0.6) is 23.0 Å². The monoisotopic (exact) mass is 460 g/mol. The third-order valence-corrected chi connectivity index (χ3v) is 5.05. The molecule has 8 heteroatoms. The van der Waals surface area contributed by atoms with Gasteiger partial charge < -0.3 is 14.6 Å². The lowest BCUT2D eigenvalue weighted by atomic mass is 10.1. The van der Waals surface area contributed by atoms with E-state index in [1.165, 1.54) is 17.0 Å². The predicted molar refractivity (Wildman–Crippen MR) is 128 cm³/mol. The van der Waals surface area contributed by atoms with E-state index in [4.69, 9.17) is 21.7 Å². The molecule has 1 heterocycles. The quantitative estimate of drug-likeness (QED) is 0.322. The van der Waals surface area contributed by atoms with Crippen LogP contribution in [0.25, 0.3) is 6.08 Å². The topological polar surface area (TPSA) is 88.1 Å². The van der Waals surface area contributed by atoms with E-state index in [0.29, 0.717) is 35.1 Å². The smallest absolute Gasteiger partial charge is 0.270 e. The van der Waals surface area contributed by atoms with Crippen LogP contribution in [0.2, 0.25) is 0 Å². The zero-order valence-electron chi connectivity index (χ0n) is 17.6. The molecule has 0 bridgehead atoms. The van der Waals surface area contributed by atoms with Crippen molar-refractivity contribution < 1.29 is 24.2 Å².